The van der Waals surface area contributed by atoms with Crippen molar-refractivity contribution < 1.29 is 42.4 Å². The number of rotatable bonds is 7. The third-order valence-corrected chi connectivity index (χ3v) is 6.11. The van der Waals surface area contributed by atoms with Crippen LogP contribution in [-0.4, -0.2) is 4.61 Å². The van der Waals surface area contributed by atoms with Gasteiger partial charge in [0.1, 0.15) is 0 Å². The van der Waals surface area contributed by atoms with Gasteiger partial charge < -0.3 is 24.0 Å². The second-order valence-electron chi connectivity index (χ2n) is 6.26. The molecule has 0 unspecified atom stereocenters. The summed E-state index contributed by atoms with van der Waals surface area (Å²) in [5.74, 6) is 0. The summed E-state index contributed by atoms with van der Waals surface area (Å²) < 4.78 is 2.05. The van der Waals surface area contributed by atoms with E-state index in [0.717, 1.165) is 19.6 Å². The van der Waals surface area contributed by atoms with E-state index in [1.807, 2.05) is 4.61 Å². The molecule has 1 nitrogen and oxygen atoms in total. The maximum atomic E-state index is 6.13. The normalized spacial score (nSPS) is 11.0. The number of hydrogen-bond acceptors (Lipinski definition) is 0. The maximum absolute atomic E-state index is 6.13. The summed E-state index contributed by atoms with van der Waals surface area (Å²) in [6.07, 6.45) is 0. The second-order valence-corrected chi connectivity index (χ2v) is 12.0. The van der Waals surface area contributed by atoms with Gasteiger partial charge in [0.05, 0.1) is 0 Å². The predicted molar refractivity (Wildman–Crippen MR) is 108 cm³/mol. The van der Waals surface area contributed by atoms with Crippen molar-refractivity contribution in [1.29, 1.82) is 0 Å². The molecule has 0 heterocycles. The maximum Gasteiger partial charge on any atom is -1.00 e. The van der Waals surface area contributed by atoms with Crippen LogP contribution in [0.3, 0.4) is 0 Å². The summed E-state index contributed by atoms with van der Waals surface area (Å²) in [4.78, 5) is 1.49. The zero-order chi connectivity index (χ0) is 18.2. The zero-order valence-electron chi connectivity index (χ0n) is 14.8. The van der Waals surface area contributed by atoms with Gasteiger partial charge in [0.15, 0.2) is 0 Å². The number of benzene rings is 3. The molecule has 3 aromatic carbocycles. The Morgan fingerprint density at radius 1 is 0.667 bits per heavy atom. The molecule has 0 aliphatic carbocycles. The van der Waals surface area contributed by atoms with Gasteiger partial charge in [-0.05, 0) is 0 Å². The van der Waals surface area contributed by atoms with Crippen molar-refractivity contribution in [1.82, 2.24) is 0 Å². The average molecular weight is 599 g/mol. The molecule has 0 saturated heterocycles. The summed E-state index contributed by atoms with van der Waals surface area (Å²) in [6, 6.07) is 29.8. The van der Waals surface area contributed by atoms with E-state index in [4.69, 9.17) is 19.4 Å². The van der Waals surface area contributed by atoms with Crippen molar-refractivity contribution in [3.8, 4) is 0 Å². The van der Waals surface area contributed by atoms with Crippen LogP contribution in [0.1, 0.15) is 22.3 Å². The average Bonchev–Trinajstić information content (AvgIpc) is 2.64. The van der Waals surface area contributed by atoms with Gasteiger partial charge in [0.25, 0.3) is 0 Å². The molecule has 27 heavy (non-hydrogen) atoms. The van der Waals surface area contributed by atoms with E-state index in [2.05, 4.69) is 84.9 Å². The van der Waals surface area contributed by atoms with E-state index in [1.54, 1.807) is 0 Å². The quantitative estimate of drug-likeness (QED) is 0.311. The fraction of sp³-hybridized carbons (Fsp3) is 0.136. The van der Waals surface area contributed by atoms with Gasteiger partial charge in [0, 0.05) is 0 Å². The van der Waals surface area contributed by atoms with Crippen LogP contribution in [0.5, 0.6) is 0 Å². The third kappa shape index (κ3) is 7.75. The molecule has 0 fully saturated rings. The Bertz CT molecular complexity index is 811. The molecular weight excluding hydrogens is 577 g/mol. The Morgan fingerprint density at radius 3 is 1.67 bits per heavy atom. The molecular formula is C22H22Cl2INRu. The molecule has 0 bridgehead atoms. The molecule has 0 aliphatic rings. The first-order chi connectivity index (χ1) is 12.7. The van der Waals surface area contributed by atoms with Crippen LogP contribution in [0, 0.1) is 0 Å². The van der Waals surface area contributed by atoms with Crippen LogP contribution in [0.4, 0.5) is 0 Å². The number of halogens is 3. The third-order valence-electron chi connectivity index (χ3n) is 4.28. The molecule has 3 rings (SSSR count). The molecule has 0 aliphatic heterocycles. The molecule has 0 aromatic heterocycles. The Kier molecular flexibility index (Phi) is 10.2. The molecule has 0 atom stereocenters. The van der Waals surface area contributed by atoms with E-state index in [1.165, 1.54) is 27.2 Å². The van der Waals surface area contributed by atoms with Gasteiger partial charge in [-0.25, -0.2) is 0 Å². The fourth-order valence-corrected chi connectivity index (χ4v) is 4.99. The Hall–Kier alpha value is -0.577. The summed E-state index contributed by atoms with van der Waals surface area (Å²) in [6.45, 7) is 2.89. The van der Waals surface area contributed by atoms with Gasteiger partial charge in [-0.3, -0.25) is 0 Å². The van der Waals surface area contributed by atoms with E-state index in [-0.39, 0.29) is 24.0 Å². The molecule has 0 amide bonds. The first kappa shape index (κ1) is 22.7. The van der Waals surface area contributed by atoms with Crippen LogP contribution in [0.25, 0.3) is 0 Å². The topological polar surface area (TPSA) is 4.44 Å². The monoisotopic (exact) mass is 599 g/mol. The van der Waals surface area contributed by atoms with Crippen molar-refractivity contribution >= 4 is 24.0 Å². The first-order valence-corrected chi connectivity index (χ1v) is 14.0. The Morgan fingerprint density at radius 2 is 1.15 bits per heavy atom. The first-order valence-electron chi connectivity index (χ1n) is 8.53. The van der Waals surface area contributed by atoms with Crippen LogP contribution in [0.15, 0.2) is 84.9 Å². The van der Waals surface area contributed by atoms with Gasteiger partial charge in [-0.2, -0.15) is 0 Å². The standard InChI is InChI=1S/C22H21N.2ClH.HI.Ru/c1-19-10-8-9-15-22(19)18-23(16-20-11-4-2-5-12-20)17-21-13-6-3-7-14-21;;;;/h1-15H,16-18H2;3*1H;/q;;;;+2/p-2. The molecule has 3 aromatic rings. The van der Waals surface area contributed by atoms with Gasteiger partial charge in [0.2, 0.25) is 0 Å². The number of quaternary nitrogens is 1. The second kappa shape index (κ2) is 12.1. The van der Waals surface area contributed by atoms with Crippen LogP contribution >= 0.6 is 19.4 Å². The number of nitrogens with one attached hydrogen (secondary N) is 1. The minimum Gasteiger partial charge on any atom is -1.00 e. The van der Waals surface area contributed by atoms with E-state index < -0.39 is 13.5 Å². The summed E-state index contributed by atoms with van der Waals surface area (Å²) >= 11 is -1.84. The van der Waals surface area contributed by atoms with Gasteiger partial charge in [-0.1, -0.05) is 0 Å². The van der Waals surface area contributed by atoms with E-state index in [9.17, 15) is 0 Å². The molecule has 5 heteroatoms. The SMILES string of the molecule is [Cl][Ru]([Cl])=[CH]c1ccccc1C[NH+](Cc1ccccc1)Cc1ccccc1.[I-]. The van der Waals surface area contributed by atoms with E-state index in [0.29, 0.717) is 0 Å². The summed E-state index contributed by atoms with van der Waals surface area (Å²) in [7, 11) is 12.3. The van der Waals surface area contributed by atoms with Gasteiger partial charge >= 0.3 is 169 Å². The fourth-order valence-electron chi connectivity index (χ4n) is 3.10. The van der Waals surface area contributed by atoms with Crippen molar-refractivity contribution in [3.05, 3.63) is 107 Å². The summed E-state index contributed by atoms with van der Waals surface area (Å²) in [5, 5.41) is 0. The number of hydrogen-bond donors (Lipinski definition) is 1. The van der Waals surface area contributed by atoms with Crippen LogP contribution in [0.2, 0.25) is 0 Å². The minimum absolute atomic E-state index is 0. The van der Waals surface area contributed by atoms with Crippen molar-refractivity contribution in [2.45, 2.75) is 19.6 Å². The Balaban J connectivity index is 0.00000261. The molecule has 0 saturated carbocycles. The molecule has 0 radical (unpaired) electrons. The van der Waals surface area contributed by atoms with Crippen molar-refractivity contribution in [2.75, 3.05) is 0 Å². The van der Waals surface area contributed by atoms with Crippen LogP contribution in [-0.2, 0) is 33.2 Å². The largest absolute Gasteiger partial charge is 1.00 e. The Labute approximate surface area is 191 Å². The molecule has 1 N–H and O–H groups in total. The smallest absolute Gasteiger partial charge is 1.00 e. The zero-order valence-corrected chi connectivity index (χ0v) is 20.2. The summed E-state index contributed by atoms with van der Waals surface area (Å²) in [5.41, 5.74) is 5.17. The van der Waals surface area contributed by atoms with Crippen molar-refractivity contribution in [2.24, 2.45) is 0 Å². The molecule has 0 spiro atoms. The van der Waals surface area contributed by atoms with Crippen molar-refractivity contribution in [3.63, 3.8) is 0 Å². The molecule has 144 valence electrons. The van der Waals surface area contributed by atoms with Crippen LogP contribution < -0.4 is 28.9 Å². The minimum atomic E-state index is -1.84. The predicted octanol–water partition coefficient (Wildman–Crippen LogP) is 1.55. The van der Waals surface area contributed by atoms with E-state index >= 15 is 0 Å². The van der Waals surface area contributed by atoms with Gasteiger partial charge in [-0.15, -0.1) is 0 Å².